The minimum absolute atomic E-state index is 0.0585. The number of carbonyl (C=O) groups excluding carboxylic acids is 2. The van der Waals surface area contributed by atoms with Gasteiger partial charge in [-0.1, -0.05) is 48.5 Å². The Kier molecular flexibility index (Phi) is 8.14. The Bertz CT molecular complexity index is 1160. The molecule has 3 aromatic carbocycles. The Morgan fingerprint density at radius 3 is 1.76 bits per heavy atom. The fraction of sp³-hybridized carbons (Fsp3) is 0.192. The van der Waals surface area contributed by atoms with Crippen LogP contribution in [0.3, 0.4) is 0 Å². The number of thiocarbonyl (C=S) groups is 1. The van der Waals surface area contributed by atoms with Gasteiger partial charge in [-0.3, -0.25) is 9.59 Å². The van der Waals surface area contributed by atoms with Crippen molar-refractivity contribution in [2.45, 2.75) is 26.4 Å². The molecule has 0 atom stereocenters. The molecule has 0 bridgehead atoms. The highest BCUT2D eigenvalue weighted by atomic mass is 32.1. The Hall–Kier alpha value is -4.00. The molecule has 174 valence electrons. The largest absolute Gasteiger partial charge is 0.508 e. The molecular weight excluding hydrogens is 450 g/mol. The molecule has 0 spiro atoms. The van der Waals surface area contributed by atoms with Gasteiger partial charge in [0.25, 0.3) is 0 Å². The lowest BCUT2D eigenvalue weighted by Gasteiger charge is -2.28. The molecule has 0 fully saturated rings. The van der Waals surface area contributed by atoms with Crippen molar-refractivity contribution in [1.82, 2.24) is 10.6 Å². The highest BCUT2D eigenvalue weighted by Crippen LogP contribution is 2.26. The number of hydrogen-bond acceptors (Lipinski definition) is 6. The van der Waals surface area contributed by atoms with Crippen LogP contribution in [0.25, 0.3) is 0 Å². The van der Waals surface area contributed by atoms with Crippen molar-refractivity contribution in [3.63, 3.8) is 0 Å². The smallest absolute Gasteiger partial charge is 0.236 e. The Morgan fingerprint density at radius 2 is 1.32 bits per heavy atom. The van der Waals surface area contributed by atoms with Gasteiger partial charge in [0.2, 0.25) is 11.8 Å². The zero-order chi connectivity index (χ0) is 24.6. The molecule has 0 saturated carbocycles. The molecule has 3 aromatic rings. The first-order chi connectivity index (χ1) is 16.3. The van der Waals surface area contributed by atoms with Crippen molar-refractivity contribution in [3.05, 3.63) is 89.5 Å². The summed E-state index contributed by atoms with van der Waals surface area (Å²) in [6.07, 6.45) is 0.119. The van der Waals surface area contributed by atoms with E-state index in [0.717, 1.165) is 5.56 Å². The number of nitrogens with zero attached hydrogens (tertiary/aromatic N) is 1. The standard InChI is InChI=1S/C26H25N3O4S/c1-26(14-18-10-12-21(13-11-18)29-17-34,24(32)27-15-19-6-2-4-8-22(19)30)25(33)28-16-20-7-3-5-9-23(20)31/h2-13,30-31H,14-16H2,1H3,(H,27,32)(H,28,33). The molecule has 3 rings (SSSR count). The van der Waals surface area contributed by atoms with Gasteiger partial charge in [0.15, 0.2) is 0 Å². The average Bonchev–Trinajstić information content (AvgIpc) is 2.84. The summed E-state index contributed by atoms with van der Waals surface area (Å²) in [6, 6.07) is 20.3. The number of benzene rings is 3. The number of amides is 2. The molecule has 8 heteroatoms. The third-order valence-electron chi connectivity index (χ3n) is 5.53. The van der Waals surface area contributed by atoms with Gasteiger partial charge < -0.3 is 20.8 Å². The molecule has 7 nitrogen and oxygen atoms in total. The van der Waals surface area contributed by atoms with Crippen molar-refractivity contribution in [3.8, 4) is 11.5 Å². The molecule has 2 amide bonds. The van der Waals surface area contributed by atoms with Crippen molar-refractivity contribution in [2.75, 3.05) is 0 Å². The van der Waals surface area contributed by atoms with Crippen LogP contribution in [0.5, 0.6) is 11.5 Å². The predicted octanol–water partition coefficient (Wildman–Crippen LogP) is 4.01. The number of para-hydroxylation sites is 2. The number of nitrogens with one attached hydrogen (secondary N) is 2. The molecule has 34 heavy (non-hydrogen) atoms. The second-order valence-electron chi connectivity index (χ2n) is 8.00. The molecule has 0 aliphatic heterocycles. The summed E-state index contributed by atoms with van der Waals surface area (Å²) in [5, 5.41) is 27.8. The van der Waals surface area contributed by atoms with E-state index >= 15 is 0 Å². The molecular formula is C26H25N3O4S. The maximum atomic E-state index is 13.3. The van der Waals surface area contributed by atoms with Gasteiger partial charge in [-0.05, 0) is 55.4 Å². The van der Waals surface area contributed by atoms with Crippen LogP contribution in [0.2, 0.25) is 0 Å². The quantitative estimate of drug-likeness (QED) is 0.212. The van der Waals surface area contributed by atoms with Crippen LogP contribution in [0.15, 0.2) is 77.8 Å². The topological polar surface area (TPSA) is 111 Å². The number of aliphatic imine (C=N–C) groups is 1. The van der Waals surface area contributed by atoms with Crippen LogP contribution in [0.1, 0.15) is 23.6 Å². The van der Waals surface area contributed by atoms with Crippen molar-refractivity contribution < 1.29 is 19.8 Å². The van der Waals surface area contributed by atoms with E-state index in [1.54, 1.807) is 67.6 Å². The summed E-state index contributed by atoms with van der Waals surface area (Å²) in [6.45, 7) is 1.70. The first kappa shape index (κ1) is 24.6. The minimum atomic E-state index is -1.47. The maximum Gasteiger partial charge on any atom is 0.236 e. The van der Waals surface area contributed by atoms with Crippen molar-refractivity contribution in [1.29, 1.82) is 0 Å². The fourth-order valence-corrected chi connectivity index (χ4v) is 3.58. The number of aromatic hydroxyl groups is 2. The summed E-state index contributed by atoms with van der Waals surface area (Å²) >= 11 is 4.62. The van der Waals surface area contributed by atoms with E-state index in [2.05, 4.69) is 33.0 Å². The molecule has 4 N–H and O–H groups in total. The summed E-state index contributed by atoms with van der Waals surface area (Å²) in [5.41, 5.74) is 0.976. The molecule has 0 saturated heterocycles. The molecule has 0 aliphatic carbocycles. The van der Waals surface area contributed by atoms with Crippen LogP contribution in [-0.2, 0) is 29.1 Å². The second-order valence-corrected chi connectivity index (χ2v) is 8.18. The van der Waals surface area contributed by atoms with Crippen LogP contribution in [-0.4, -0.2) is 27.2 Å². The van der Waals surface area contributed by atoms with E-state index in [9.17, 15) is 19.8 Å². The van der Waals surface area contributed by atoms with Crippen LogP contribution >= 0.6 is 12.2 Å². The van der Waals surface area contributed by atoms with Gasteiger partial charge in [-0.25, -0.2) is 0 Å². The van der Waals surface area contributed by atoms with Gasteiger partial charge in [-0.15, -0.1) is 0 Å². The molecule has 0 unspecified atom stereocenters. The monoisotopic (exact) mass is 475 g/mol. The lowest BCUT2D eigenvalue weighted by atomic mass is 9.81. The summed E-state index contributed by atoms with van der Waals surface area (Å²) in [4.78, 5) is 30.5. The SMILES string of the molecule is CC(Cc1ccc(N=C=S)cc1)(C(=O)NCc1ccccc1O)C(=O)NCc1ccccc1O. The van der Waals surface area contributed by atoms with Gasteiger partial charge in [0.1, 0.15) is 16.9 Å². The lowest BCUT2D eigenvalue weighted by Crippen LogP contribution is -2.50. The Balaban J connectivity index is 1.82. The number of isothiocyanates is 1. The minimum Gasteiger partial charge on any atom is -0.508 e. The van der Waals surface area contributed by atoms with Crippen molar-refractivity contribution >= 4 is 34.9 Å². The highest BCUT2D eigenvalue weighted by molar-refractivity contribution is 7.78. The first-order valence-electron chi connectivity index (χ1n) is 10.6. The lowest BCUT2D eigenvalue weighted by molar-refractivity contribution is -0.142. The Morgan fingerprint density at radius 1 is 0.853 bits per heavy atom. The molecule has 0 radical (unpaired) electrons. The number of phenolic OH excluding ortho intramolecular Hbond substituents is 2. The summed E-state index contributed by atoms with van der Waals surface area (Å²) in [5.74, 6) is -0.871. The second kappa shape index (κ2) is 11.2. The van der Waals surface area contributed by atoms with E-state index in [-0.39, 0.29) is 31.0 Å². The number of rotatable bonds is 9. The number of phenols is 2. The summed E-state index contributed by atoms with van der Waals surface area (Å²) < 4.78 is 0. The molecule has 0 heterocycles. The zero-order valence-electron chi connectivity index (χ0n) is 18.6. The van der Waals surface area contributed by atoms with Gasteiger partial charge in [-0.2, -0.15) is 4.99 Å². The zero-order valence-corrected chi connectivity index (χ0v) is 19.4. The highest BCUT2D eigenvalue weighted by Gasteiger charge is 2.41. The van der Waals surface area contributed by atoms with E-state index in [4.69, 9.17) is 0 Å². The van der Waals surface area contributed by atoms with Gasteiger partial charge in [0, 0.05) is 24.2 Å². The maximum absolute atomic E-state index is 13.3. The van der Waals surface area contributed by atoms with Crippen LogP contribution < -0.4 is 10.6 Å². The molecule has 0 aliphatic rings. The number of carbonyl (C=O) groups is 2. The van der Waals surface area contributed by atoms with Crippen molar-refractivity contribution in [2.24, 2.45) is 10.4 Å². The third-order valence-corrected chi connectivity index (χ3v) is 5.62. The van der Waals surface area contributed by atoms with Gasteiger partial charge in [0.05, 0.1) is 10.8 Å². The van der Waals surface area contributed by atoms with E-state index in [1.165, 1.54) is 12.1 Å². The van der Waals surface area contributed by atoms with E-state index < -0.39 is 17.2 Å². The van der Waals surface area contributed by atoms with Crippen LogP contribution in [0, 0.1) is 5.41 Å². The van der Waals surface area contributed by atoms with E-state index in [0.29, 0.717) is 16.8 Å². The fourth-order valence-electron chi connectivity index (χ4n) is 3.47. The van der Waals surface area contributed by atoms with E-state index in [1.807, 2.05) is 0 Å². The first-order valence-corrected chi connectivity index (χ1v) is 11.0. The summed E-state index contributed by atoms with van der Waals surface area (Å²) in [7, 11) is 0. The Labute approximate surface area is 203 Å². The third kappa shape index (κ3) is 6.07. The van der Waals surface area contributed by atoms with Crippen LogP contribution in [0.4, 0.5) is 5.69 Å². The molecule has 0 aromatic heterocycles. The predicted molar refractivity (Wildman–Crippen MR) is 133 cm³/mol. The normalized spacial score (nSPS) is 10.7. The number of hydrogen-bond donors (Lipinski definition) is 4. The average molecular weight is 476 g/mol. The van der Waals surface area contributed by atoms with Gasteiger partial charge >= 0.3 is 0 Å².